The molecule has 25 heavy (non-hydrogen) atoms. The van der Waals surface area contributed by atoms with E-state index in [1.165, 1.54) is 6.42 Å². The van der Waals surface area contributed by atoms with Gasteiger partial charge in [0.1, 0.15) is 0 Å². The van der Waals surface area contributed by atoms with Crippen LogP contribution in [-0.2, 0) is 16.0 Å². The highest BCUT2D eigenvalue weighted by molar-refractivity contribution is 6.23. The third-order valence-corrected chi connectivity index (χ3v) is 3.55. The van der Waals surface area contributed by atoms with Crippen LogP contribution in [0.4, 0.5) is 11.4 Å². The molecule has 0 spiro atoms. The number of amides is 2. The molecule has 5 nitrogen and oxygen atoms in total. The number of carbonyl (C=O) groups excluding carboxylic acids is 2. The molecule has 1 aromatic carbocycles. The van der Waals surface area contributed by atoms with Crippen molar-refractivity contribution >= 4 is 28.9 Å². The SMILES string of the molecule is C.C=C(C(=N)CC)C(=O)Nc1cc(C)c2c(c1)CCC(=O)N2.CCC. The maximum atomic E-state index is 12.0. The van der Waals surface area contributed by atoms with Crippen molar-refractivity contribution in [3.63, 3.8) is 0 Å². The maximum Gasteiger partial charge on any atom is 0.256 e. The van der Waals surface area contributed by atoms with Gasteiger partial charge in [0.25, 0.3) is 5.91 Å². The average Bonchev–Trinajstić information content (AvgIpc) is 2.55. The van der Waals surface area contributed by atoms with Gasteiger partial charge < -0.3 is 16.0 Å². The third-order valence-electron chi connectivity index (χ3n) is 3.55. The molecule has 0 aliphatic carbocycles. The summed E-state index contributed by atoms with van der Waals surface area (Å²) < 4.78 is 0. The number of anilines is 2. The second-order valence-electron chi connectivity index (χ2n) is 5.85. The summed E-state index contributed by atoms with van der Waals surface area (Å²) in [4.78, 5) is 23.4. The Morgan fingerprint density at radius 2 is 1.88 bits per heavy atom. The van der Waals surface area contributed by atoms with E-state index in [1.54, 1.807) is 0 Å². The number of hydrogen-bond acceptors (Lipinski definition) is 3. The molecule has 1 aliphatic rings. The Kier molecular flexibility index (Phi) is 9.42. The van der Waals surface area contributed by atoms with Crippen LogP contribution in [0.25, 0.3) is 0 Å². The van der Waals surface area contributed by atoms with Gasteiger partial charge in [-0.1, -0.05) is 41.2 Å². The van der Waals surface area contributed by atoms with Crippen molar-refractivity contribution < 1.29 is 9.59 Å². The smallest absolute Gasteiger partial charge is 0.256 e. The molecule has 138 valence electrons. The molecule has 5 heteroatoms. The van der Waals surface area contributed by atoms with Gasteiger partial charge >= 0.3 is 0 Å². The molecule has 0 fully saturated rings. The van der Waals surface area contributed by atoms with Crippen LogP contribution in [0.15, 0.2) is 24.3 Å². The first-order valence-corrected chi connectivity index (χ1v) is 8.35. The van der Waals surface area contributed by atoms with Crippen molar-refractivity contribution in [1.29, 1.82) is 5.41 Å². The number of benzene rings is 1. The summed E-state index contributed by atoms with van der Waals surface area (Å²) in [6.45, 7) is 11.6. The molecule has 0 saturated carbocycles. The van der Waals surface area contributed by atoms with Gasteiger partial charge in [-0.15, -0.1) is 0 Å². The summed E-state index contributed by atoms with van der Waals surface area (Å²) in [5, 5.41) is 13.3. The van der Waals surface area contributed by atoms with Crippen LogP contribution in [0.3, 0.4) is 0 Å². The summed E-state index contributed by atoms with van der Waals surface area (Å²) in [5.74, 6) is -0.340. The quantitative estimate of drug-likeness (QED) is 0.538. The van der Waals surface area contributed by atoms with Gasteiger partial charge in [0, 0.05) is 23.5 Å². The zero-order valence-corrected chi connectivity index (χ0v) is 15.0. The molecule has 1 heterocycles. The molecule has 2 amide bonds. The van der Waals surface area contributed by atoms with Crippen LogP contribution in [0, 0.1) is 12.3 Å². The lowest BCUT2D eigenvalue weighted by Gasteiger charge is -2.20. The lowest BCUT2D eigenvalue weighted by molar-refractivity contribution is -0.116. The second kappa shape index (κ2) is 10.4. The Morgan fingerprint density at radius 1 is 1.28 bits per heavy atom. The van der Waals surface area contributed by atoms with Crippen molar-refractivity contribution in [2.75, 3.05) is 10.6 Å². The lowest BCUT2D eigenvalue weighted by Crippen LogP contribution is -2.22. The van der Waals surface area contributed by atoms with Crippen LogP contribution in [-0.4, -0.2) is 17.5 Å². The third kappa shape index (κ3) is 6.18. The standard InChI is InChI=1S/C16H19N3O2.C3H8.CH4/c1-4-13(17)10(3)16(21)18-12-7-9(2)15-11(8-12)5-6-14(20)19-15;1-3-2;/h7-8,17H,3-6H2,1-2H3,(H,18,21)(H,19,20);3H2,1-2H3;1H4. The molecule has 0 bridgehead atoms. The Hall–Kier alpha value is -2.43. The number of aryl methyl sites for hydroxylation is 2. The van der Waals surface area contributed by atoms with Crippen molar-refractivity contribution in [3.8, 4) is 0 Å². The van der Waals surface area contributed by atoms with Crippen molar-refractivity contribution in [2.45, 2.75) is 60.8 Å². The maximum absolute atomic E-state index is 12.0. The van der Waals surface area contributed by atoms with Gasteiger partial charge in [0.2, 0.25) is 5.91 Å². The number of carbonyl (C=O) groups is 2. The molecule has 0 radical (unpaired) electrons. The normalized spacial score (nSPS) is 11.8. The largest absolute Gasteiger partial charge is 0.326 e. The van der Waals surface area contributed by atoms with Crippen LogP contribution >= 0.6 is 0 Å². The van der Waals surface area contributed by atoms with E-state index >= 15 is 0 Å². The minimum Gasteiger partial charge on any atom is -0.326 e. The monoisotopic (exact) mass is 345 g/mol. The van der Waals surface area contributed by atoms with Gasteiger partial charge in [-0.05, 0) is 43.0 Å². The highest BCUT2D eigenvalue weighted by Crippen LogP contribution is 2.29. The number of hydrogen-bond donors (Lipinski definition) is 3. The van der Waals surface area contributed by atoms with E-state index in [4.69, 9.17) is 5.41 Å². The Morgan fingerprint density at radius 3 is 2.44 bits per heavy atom. The fourth-order valence-corrected chi connectivity index (χ4v) is 2.32. The molecule has 1 aliphatic heterocycles. The molecule has 3 N–H and O–H groups in total. The van der Waals surface area contributed by atoms with E-state index in [0.29, 0.717) is 24.9 Å². The molecular weight excluding hydrogens is 314 g/mol. The van der Waals surface area contributed by atoms with Crippen LogP contribution in [0.5, 0.6) is 0 Å². The zero-order valence-electron chi connectivity index (χ0n) is 15.0. The summed E-state index contributed by atoms with van der Waals surface area (Å²) in [6, 6.07) is 3.67. The van der Waals surface area contributed by atoms with E-state index < -0.39 is 0 Å². The molecule has 0 atom stereocenters. The van der Waals surface area contributed by atoms with Gasteiger partial charge in [0.05, 0.1) is 5.57 Å². The minimum atomic E-state index is -0.360. The van der Waals surface area contributed by atoms with E-state index in [2.05, 4.69) is 31.1 Å². The van der Waals surface area contributed by atoms with Gasteiger partial charge in [0.15, 0.2) is 0 Å². The number of rotatable bonds is 4. The van der Waals surface area contributed by atoms with E-state index in [0.717, 1.165) is 16.8 Å². The van der Waals surface area contributed by atoms with Gasteiger partial charge in [-0.2, -0.15) is 0 Å². The van der Waals surface area contributed by atoms with E-state index in [1.807, 2.05) is 26.0 Å². The van der Waals surface area contributed by atoms with Crippen molar-refractivity contribution in [3.05, 3.63) is 35.4 Å². The number of nitrogens with one attached hydrogen (secondary N) is 3. The van der Waals surface area contributed by atoms with Gasteiger partial charge in [-0.3, -0.25) is 9.59 Å². The summed E-state index contributed by atoms with van der Waals surface area (Å²) in [5.41, 5.74) is 3.84. The fourth-order valence-electron chi connectivity index (χ4n) is 2.32. The molecule has 0 aromatic heterocycles. The molecule has 0 saturated heterocycles. The van der Waals surface area contributed by atoms with Crippen LogP contribution in [0.2, 0.25) is 0 Å². The molecule has 1 aromatic rings. The van der Waals surface area contributed by atoms with Gasteiger partial charge in [-0.25, -0.2) is 0 Å². The Labute approximate surface area is 151 Å². The number of fused-ring (bicyclic) bond motifs is 1. The first-order chi connectivity index (χ1) is 11.3. The zero-order chi connectivity index (χ0) is 18.3. The van der Waals surface area contributed by atoms with E-state index in [9.17, 15) is 9.59 Å². The minimum absolute atomic E-state index is 0. The fraction of sp³-hybridized carbons (Fsp3) is 0.450. The first kappa shape index (κ1) is 22.6. The highest BCUT2D eigenvalue weighted by Gasteiger charge is 2.18. The van der Waals surface area contributed by atoms with Crippen molar-refractivity contribution in [1.82, 2.24) is 0 Å². The lowest BCUT2D eigenvalue weighted by atomic mass is 9.98. The highest BCUT2D eigenvalue weighted by atomic mass is 16.2. The average molecular weight is 345 g/mol. The first-order valence-electron chi connectivity index (χ1n) is 8.35. The molecular formula is C20H31N3O2. The van der Waals surface area contributed by atoms with Crippen molar-refractivity contribution in [2.24, 2.45) is 0 Å². The van der Waals surface area contributed by atoms with E-state index in [-0.39, 0.29) is 30.5 Å². The van der Waals surface area contributed by atoms with Crippen LogP contribution < -0.4 is 10.6 Å². The molecule has 0 unspecified atom stereocenters. The summed E-state index contributed by atoms with van der Waals surface area (Å²) in [6.07, 6.45) is 2.84. The summed E-state index contributed by atoms with van der Waals surface area (Å²) in [7, 11) is 0. The predicted octanol–water partition coefficient (Wildman–Crippen LogP) is 4.86. The van der Waals surface area contributed by atoms with Crippen LogP contribution in [0.1, 0.15) is 58.6 Å². The summed E-state index contributed by atoms with van der Waals surface area (Å²) >= 11 is 0. The topological polar surface area (TPSA) is 82.1 Å². The molecule has 2 rings (SSSR count). The Balaban J connectivity index is 0.00000134. The Bertz CT molecular complexity index is 663. The second-order valence-corrected chi connectivity index (χ2v) is 5.85. The predicted molar refractivity (Wildman–Crippen MR) is 107 cm³/mol.